The molecule has 3 unspecified atom stereocenters. The Morgan fingerprint density at radius 2 is 2.00 bits per heavy atom. The maximum Gasteiger partial charge on any atom is 0.119 e. The number of hydrogen-bond donors (Lipinski definition) is 0. The van der Waals surface area contributed by atoms with Gasteiger partial charge in [-0.15, -0.1) is 0 Å². The van der Waals surface area contributed by atoms with Crippen molar-refractivity contribution in [2.75, 3.05) is 20.7 Å². The third-order valence-electron chi connectivity index (χ3n) is 5.97. The van der Waals surface area contributed by atoms with Crippen LogP contribution in [0.4, 0.5) is 0 Å². The van der Waals surface area contributed by atoms with E-state index in [1.807, 2.05) is 0 Å². The predicted octanol–water partition coefficient (Wildman–Crippen LogP) is 4.13. The lowest BCUT2D eigenvalue weighted by Gasteiger charge is -2.47. The van der Waals surface area contributed by atoms with Gasteiger partial charge in [0.15, 0.2) is 0 Å². The summed E-state index contributed by atoms with van der Waals surface area (Å²) in [4.78, 5) is 0. The van der Waals surface area contributed by atoms with Crippen molar-refractivity contribution in [1.82, 2.24) is 0 Å². The third kappa shape index (κ3) is 2.59. The molecular weight excluding hydrogens is 258 g/mol. The van der Waals surface area contributed by atoms with E-state index in [0.717, 1.165) is 17.8 Å². The molecular formula is C19H30NO+. The molecule has 0 N–H and O–H groups in total. The molecule has 0 aliphatic heterocycles. The zero-order valence-electron chi connectivity index (χ0n) is 14.1. The van der Waals surface area contributed by atoms with Crippen molar-refractivity contribution in [3.05, 3.63) is 29.3 Å². The topological polar surface area (TPSA) is 9.23 Å². The van der Waals surface area contributed by atoms with Crippen molar-refractivity contribution in [2.24, 2.45) is 0 Å². The Hall–Kier alpha value is -1.02. The van der Waals surface area contributed by atoms with Gasteiger partial charge in [-0.2, -0.15) is 0 Å². The predicted molar refractivity (Wildman–Crippen MR) is 87.9 cm³/mol. The molecule has 3 rings (SSSR count). The number of hydrogen-bond acceptors (Lipinski definition) is 1. The lowest BCUT2D eigenvalue weighted by Crippen LogP contribution is -2.57. The van der Waals surface area contributed by atoms with Crippen molar-refractivity contribution in [3.63, 3.8) is 0 Å². The maximum absolute atomic E-state index is 5.45. The molecule has 0 saturated heterocycles. The number of fused-ring (bicyclic) bond motifs is 1. The average Bonchev–Trinajstić information content (AvgIpc) is 3.32. The molecule has 0 spiro atoms. The summed E-state index contributed by atoms with van der Waals surface area (Å²) in [6.45, 7) is 6.11. The van der Waals surface area contributed by atoms with E-state index in [1.165, 1.54) is 48.7 Å². The van der Waals surface area contributed by atoms with Gasteiger partial charge in [0.25, 0.3) is 0 Å². The second kappa shape index (κ2) is 5.64. The summed E-state index contributed by atoms with van der Waals surface area (Å²) < 4.78 is 6.75. The standard InChI is InChI=1S/C19H30NO/c1-5-12-20(3,16-8-9-16)19-11-7-15-6-10-17(21-4)13-18(15)14(19)2/h6,10,13-14,16,19H,5,7-9,11-12H2,1-4H3/q+1. The monoisotopic (exact) mass is 288 g/mol. The Morgan fingerprint density at radius 3 is 2.62 bits per heavy atom. The third-order valence-corrected chi connectivity index (χ3v) is 5.97. The Balaban J connectivity index is 1.91. The second-order valence-corrected chi connectivity index (χ2v) is 7.26. The van der Waals surface area contributed by atoms with E-state index < -0.39 is 0 Å². The van der Waals surface area contributed by atoms with Crippen LogP contribution in [0.5, 0.6) is 5.75 Å². The average molecular weight is 288 g/mol. The van der Waals surface area contributed by atoms with E-state index in [9.17, 15) is 0 Å². The van der Waals surface area contributed by atoms with Crippen LogP contribution in [-0.4, -0.2) is 37.3 Å². The first-order chi connectivity index (χ1) is 10.1. The minimum Gasteiger partial charge on any atom is -0.497 e. The lowest BCUT2D eigenvalue weighted by molar-refractivity contribution is -0.945. The van der Waals surface area contributed by atoms with Gasteiger partial charge in [0.2, 0.25) is 0 Å². The van der Waals surface area contributed by atoms with E-state index in [4.69, 9.17) is 4.74 Å². The van der Waals surface area contributed by atoms with Crippen LogP contribution in [0.1, 0.15) is 56.6 Å². The molecule has 0 heterocycles. The Bertz CT molecular complexity index is 508. The minimum atomic E-state index is 0.640. The van der Waals surface area contributed by atoms with Gasteiger partial charge in [0.05, 0.1) is 32.8 Å². The molecule has 1 fully saturated rings. The molecule has 0 aromatic heterocycles. The van der Waals surface area contributed by atoms with Crippen LogP contribution in [0.3, 0.4) is 0 Å². The molecule has 2 aliphatic rings. The molecule has 116 valence electrons. The van der Waals surface area contributed by atoms with Gasteiger partial charge in [-0.25, -0.2) is 0 Å². The summed E-state index contributed by atoms with van der Waals surface area (Å²) in [6.07, 6.45) is 6.74. The van der Waals surface area contributed by atoms with Gasteiger partial charge in [-0.3, -0.25) is 0 Å². The summed E-state index contributed by atoms with van der Waals surface area (Å²) in [5.74, 6) is 1.65. The number of aryl methyl sites for hydroxylation is 1. The quantitative estimate of drug-likeness (QED) is 0.740. The second-order valence-electron chi connectivity index (χ2n) is 7.26. The molecule has 0 bridgehead atoms. The Morgan fingerprint density at radius 1 is 1.24 bits per heavy atom. The van der Waals surface area contributed by atoms with E-state index in [-0.39, 0.29) is 0 Å². The normalized spacial score (nSPS) is 27.8. The fourth-order valence-corrected chi connectivity index (χ4v) is 4.68. The molecule has 0 amide bonds. The molecule has 3 atom stereocenters. The number of benzene rings is 1. The van der Waals surface area contributed by atoms with Gasteiger partial charge in [0, 0.05) is 25.2 Å². The molecule has 1 aromatic carbocycles. The van der Waals surface area contributed by atoms with E-state index in [0.29, 0.717) is 5.92 Å². The summed E-state index contributed by atoms with van der Waals surface area (Å²) in [5, 5.41) is 0. The smallest absolute Gasteiger partial charge is 0.119 e. The van der Waals surface area contributed by atoms with Crippen LogP contribution in [0, 0.1) is 0 Å². The number of rotatable bonds is 5. The van der Waals surface area contributed by atoms with Gasteiger partial charge in [-0.05, 0) is 36.1 Å². The SMILES string of the molecule is CCC[N+](C)(C1CC1)C1CCc2ccc(OC)cc2C1C. The number of quaternary nitrogens is 1. The minimum absolute atomic E-state index is 0.640. The molecule has 2 heteroatoms. The molecule has 0 radical (unpaired) electrons. The maximum atomic E-state index is 5.45. The van der Waals surface area contributed by atoms with E-state index in [1.54, 1.807) is 12.7 Å². The van der Waals surface area contributed by atoms with Crippen molar-refractivity contribution in [2.45, 2.75) is 64.0 Å². The first-order valence-corrected chi connectivity index (χ1v) is 8.62. The van der Waals surface area contributed by atoms with E-state index in [2.05, 4.69) is 39.1 Å². The van der Waals surface area contributed by atoms with Crippen LogP contribution in [-0.2, 0) is 6.42 Å². The highest BCUT2D eigenvalue weighted by Crippen LogP contribution is 2.44. The summed E-state index contributed by atoms with van der Waals surface area (Å²) in [7, 11) is 4.29. The van der Waals surface area contributed by atoms with Gasteiger partial charge >= 0.3 is 0 Å². The molecule has 2 nitrogen and oxygen atoms in total. The molecule has 1 aromatic rings. The zero-order valence-corrected chi connectivity index (χ0v) is 14.1. The van der Waals surface area contributed by atoms with Gasteiger partial charge < -0.3 is 9.22 Å². The highest BCUT2D eigenvalue weighted by atomic mass is 16.5. The summed E-state index contributed by atoms with van der Waals surface area (Å²) >= 11 is 0. The zero-order chi connectivity index (χ0) is 15.0. The first kappa shape index (κ1) is 14.9. The highest BCUT2D eigenvalue weighted by Gasteiger charge is 2.49. The van der Waals surface area contributed by atoms with Crippen LogP contribution in [0.15, 0.2) is 18.2 Å². The van der Waals surface area contributed by atoms with Gasteiger partial charge in [-0.1, -0.05) is 19.9 Å². The fourth-order valence-electron chi connectivity index (χ4n) is 4.68. The van der Waals surface area contributed by atoms with E-state index >= 15 is 0 Å². The number of ether oxygens (including phenoxy) is 1. The van der Waals surface area contributed by atoms with Crippen LogP contribution >= 0.6 is 0 Å². The molecule has 21 heavy (non-hydrogen) atoms. The van der Waals surface area contributed by atoms with Crippen molar-refractivity contribution < 1.29 is 9.22 Å². The fraction of sp³-hybridized carbons (Fsp3) is 0.684. The molecule has 2 aliphatic carbocycles. The van der Waals surface area contributed by atoms with Crippen molar-refractivity contribution >= 4 is 0 Å². The highest BCUT2D eigenvalue weighted by molar-refractivity contribution is 5.40. The summed E-state index contributed by atoms with van der Waals surface area (Å²) in [5.41, 5.74) is 3.07. The van der Waals surface area contributed by atoms with Gasteiger partial charge in [0.1, 0.15) is 5.75 Å². The number of nitrogens with zero attached hydrogens (tertiary/aromatic N) is 1. The van der Waals surface area contributed by atoms with Crippen LogP contribution in [0.2, 0.25) is 0 Å². The van der Waals surface area contributed by atoms with Crippen molar-refractivity contribution in [3.8, 4) is 5.75 Å². The van der Waals surface area contributed by atoms with Crippen LogP contribution in [0.25, 0.3) is 0 Å². The van der Waals surface area contributed by atoms with Crippen molar-refractivity contribution in [1.29, 1.82) is 0 Å². The summed E-state index contributed by atoms with van der Waals surface area (Å²) in [6, 6.07) is 8.38. The number of likely N-dealkylation sites (N-methyl/N-ethyl adjacent to an activating group) is 1. The largest absolute Gasteiger partial charge is 0.497 e. The first-order valence-electron chi connectivity index (χ1n) is 8.62. The Labute approximate surface area is 129 Å². The molecule has 1 saturated carbocycles. The van der Waals surface area contributed by atoms with Crippen LogP contribution < -0.4 is 4.74 Å². The number of methoxy groups -OCH3 is 1. The lowest BCUT2D eigenvalue weighted by atomic mass is 9.78. The Kier molecular flexibility index (Phi) is 4.00.